The molecule has 2 saturated carbocycles. The van der Waals surface area contributed by atoms with E-state index >= 15 is 0 Å². The third-order valence-electron chi connectivity index (χ3n) is 5.78. The maximum absolute atomic E-state index is 13.3. The Balaban J connectivity index is 2.31. The number of nitrogens with one attached hydrogen (secondary N) is 2. The molecule has 1 radical (unpaired) electrons. The van der Waals surface area contributed by atoms with Crippen LogP contribution >= 0.6 is 45.7 Å². The fourth-order valence-electron chi connectivity index (χ4n) is 4.34. The lowest BCUT2D eigenvalue weighted by molar-refractivity contribution is -0.161. The topological polar surface area (TPSA) is 136 Å². The zero-order chi connectivity index (χ0) is 20.8. The molecule has 4 atom stereocenters. The average Bonchev–Trinajstić information content (AvgIpc) is 2.70. The van der Waals surface area contributed by atoms with Gasteiger partial charge in [-0.2, -0.15) is 0 Å². The van der Waals surface area contributed by atoms with Crippen molar-refractivity contribution < 1.29 is 29.4 Å². The first-order chi connectivity index (χ1) is 13.3. The van der Waals surface area contributed by atoms with Gasteiger partial charge in [-0.1, -0.05) is 19.3 Å². The number of hydrogen-bond acceptors (Lipinski definition) is 5. The molecule has 0 spiro atoms. The van der Waals surface area contributed by atoms with Crippen molar-refractivity contribution in [3.63, 3.8) is 0 Å². The van der Waals surface area contributed by atoms with Crippen molar-refractivity contribution in [3.05, 3.63) is 0 Å². The fraction of sp³-hybridized carbons (Fsp3) is 0.750. The molecule has 9 nitrogen and oxygen atoms in total. The van der Waals surface area contributed by atoms with E-state index in [1.165, 1.54) is 0 Å². The minimum Gasteiger partial charge on any atom is -0.481 e. The van der Waals surface area contributed by atoms with Gasteiger partial charge in [0.2, 0.25) is 11.8 Å². The Hall–Kier alpha value is -0.635. The molecule has 4 unspecified atom stereocenters. The lowest BCUT2D eigenvalue weighted by atomic mass is 9.67. The normalized spacial score (nSPS) is 28.2. The number of carbonyl (C=O) groups excluding carboxylic acids is 2. The Morgan fingerprint density at radius 3 is 1.89 bits per heavy atom. The summed E-state index contributed by atoms with van der Waals surface area (Å²) in [6.45, 7) is 0. The van der Waals surface area contributed by atoms with Crippen LogP contribution in [0.25, 0.3) is 0 Å². The molecule has 155 valence electrons. The molecule has 0 aromatic carbocycles. The van der Waals surface area contributed by atoms with Crippen LogP contribution < -0.4 is 6.97 Å². The van der Waals surface area contributed by atoms with Gasteiger partial charge in [0.05, 0.1) is 46.5 Å². The SMILES string of the molecule is O=C(O)C1CC(C(=O)O)C(C(=O)N([B]NI)C2CCCCC2)CC1C(=O)NI. The first-order valence-electron chi connectivity index (χ1n) is 9.19. The molecule has 2 rings (SSSR count). The Morgan fingerprint density at radius 2 is 1.39 bits per heavy atom. The number of nitrogens with zero attached hydrogens (tertiary/aromatic N) is 1. The van der Waals surface area contributed by atoms with Crippen LogP contribution in [0.2, 0.25) is 0 Å². The van der Waals surface area contributed by atoms with E-state index in [0.29, 0.717) is 0 Å². The molecule has 0 aliphatic heterocycles. The summed E-state index contributed by atoms with van der Waals surface area (Å²) >= 11 is 3.53. The Bertz CT molecular complexity index is 619. The van der Waals surface area contributed by atoms with Gasteiger partial charge in [0.15, 0.2) is 0 Å². The predicted molar refractivity (Wildman–Crippen MR) is 117 cm³/mol. The second-order valence-corrected chi connectivity index (χ2v) is 8.47. The van der Waals surface area contributed by atoms with Crippen LogP contribution in [0.5, 0.6) is 0 Å². The lowest BCUT2D eigenvalue weighted by Crippen LogP contribution is -2.54. The molecule has 0 bridgehead atoms. The van der Waals surface area contributed by atoms with Crippen LogP contribution in [0, 0.1) is 23.7 Å². The smallest absolute Gasteiger partial charge is 0.361 e. The van der Waals surface area contributed by atoms with Gasteiger partial charge >= 0.3 is 19.5 Å². The van der Waals surface area contributed by atoms with Gasteiger partial charge in [0, 0.05) is 28.9 Å². The number of hydrogen-bond donors (Lipinski definition) is 4. The van der Waals surface area contributed by atoms with E-state index in [9.17, 15) is 29.4 Å². The van der Waals surface area contributed by atoms with Gasteiger partial charge in [0.25, 0.3) is 0 Å². The van der Waals surface area contributed by atoms with E-state index in [0.717, 1.165) is 32.1 Å². The second-order valence-electron chi connectivity index (χ2n) is 7.31. The largest absolute Gasteiger partial charge is 0.481 e. The van der Waals surface area contributed by atoms with Crippen molar-refractivity contribution in [3.8, 4) is 0 Å². The van der Waals surface area contributed by atoms with E-state index in [2.05, 4.69) is 6.97 Å². The van der Waals surface area contributed by atoms with Crippen molar-refractivity contribution in [1.82, 2.24) is 11.8 Å². The molecule has 2 aliphatic rings. The quantitative estimate of drug-likeness (QED) is 0.193. The van der Waals surface area contributed by atoms with E-state index in [1.807, 2.05) is 22.9 Å². The van der Waals surface area contributed by atoms with Crippen molar-refractivity contribution in [2.24, 2.45) is 23.7 Å². The van der Waals surface area contributed by atoms with Crippen molar-refractivity contribution in [2.75, 3.05) is 0 Å². The van der Waals surface area contributed by atoms with Crippen LogP contribution in [-0.4, -0.2) is 52.4 Å². The molecule has 2 amide bonds. The third-order valence-corrected chi connectivity index (χ3v) is 6.59. The highest BCUT2D eigenvalue weighted by Crippen LogP contribution is 2.40. The highest BCUT2D eigenvalue weighted by molar-refractivity contribution is 14.1. The van der Waals surface area contributed by atoms with Gasteiger partial charge in [-0.3, -0.25) is 26.1 Å². The molecule has 0 heterocycles. The first-order valence-corrected chi connectivity index (χ1v) is 11.3. The molecule has 28 heavy (non-hydrogen) atoms. The van der Waals surface area contributed by atoms with Crippen LogP contribution in [-0.2, 0) is 19.2 Å². The third kappa shape index (κ3) is 5.49. The van der Waals surface area contributed by atoms with Gasteiger partial charge in [0.1, 0.15) is 0 Å². The number of aliphatic carboxylic acids is 2. The summed E-state index contributed by atoms with van der Waals surface area (Å²) in [7, 11) is 1.55. The number of carboxylic acids is 2. The van der Waals surface area contributed by atoms with Crippen LogP contribution in [0.15, 0.2) is 0 Å². The molecule has 2 fully saturated rings. The van der Waals surface area contributed by atoms with E-state index < -0.39 is 41.5 Å². The van der Waals surface area contributed by atoms with Gasteiger partial charge in [-0.15, -0.1) is 0 Å². The van der Waals surface area contributed by atoms with Crippen molar-refractivity contribution in [2.45, 2.75) is 51.0 Å². The molecule has 0 aromatic rings. The summed E-state index contributed by atoms with van der Waals surface area (Å²) in [6, 6.07) is -0.0213. The molecular formula is C16H23BI2N3O6. The van der Waals surface area contributed by atoms with Crippen molar-refractivity contribution >= 4 is 77.0 Å². The lowest BCUT2D eigenvalue weighted by Gasteiger charge is -2.41. The first kappa shape index (κ1) is 23.6. The van der Waals surface area contributed by atoms with Crippen LogP contribution in [0.3, 0.4) is 0 Å². The van der Waals surface area contributed by atoms with E-state index in [-0.39, 0.29) is 24.8 Å². The van der Waals surface area contributed by atoms with Gasteiger partial charge < -0.3 is 15.0 Å². The number of halogens is 2. The van der Waals surface area contributed by atoms with Crippen LogP contribution in [0.4, 0.5) is 0 Å². The number of carbonyl (C=O) groups is 4. The number of carboxylic acid groups (broad SMARTS) is 2. The summed E-state index contributed by atoms with van der Waals surface area (Å²) in [4.78, 5) is 50.6. The average molecular weight is 618 g/mol. The molecule has 0 aromatic heterocycles. The minimum absolute atomic E-state index is 0.0213. The number of amides is 2. The zero-order valence-electron chi connectivity index (χ0n) is 15.1. The van der Waals surface area contributed by atoms with Crippen LogP contribution in [0.1, 0.15) is 44.9 Å². The predicted octanol–water partition coefficient (Wildman–Crippen LogP) is 1.52. The Labute approximate surface area is 192 Å². The second kappa shape index (κ2) is 10.9. The maximum atomic E-state index is 13.3. The number of rotatable bonds is 7. The molecule has 4 N–H and O–H groups in total. The van der Waals surface area contributed by atoms with Gasteiger partial charge in [-0.05, 0) is 25.7 Å². The highest BCUT2D eigenvalue weighted by atomic mass is 127. The maximum Gasteiger partial charge on any atom is 0.361 e. The summed E-state index contributed by atoms with van der Waals surface area (Å²) in [5.74, 6) is -7.44. The molecule has 0 saturated heterocycles. The zero-order valence-corrected chi connectivity index (χ0v) is 19.5. The van der Waals surface area contributed by atoms with Gasteiger partial charge in [-0.25, -0.2) is 0 Å². The van der Waals surface area contributed by atoms with Crippen molar-refractivity contribution in [1.29, 1.82) is 0 Å². The summed E-state index contributed by atoms with van der Waals surface area (Å²) in [5.41, 5.74) is 0. The summed E-state index contributed by atoms with van der Waals surface area (Å²) in [6.07, 6.45) is 4.43. The monoisotopic (exact) mass is 618 g/mol. The molecule has 12 heteroatoms. The molecular weight excluding hydrogens is 595 g/mol. The fourth-order valence-corrected chi connectivity index (χ4v) is 5.04. The standard InChI is InChI=1S/C16H23BI2N3O6/c18-20-13(23)9-6-10(12(16(27)28)7-11(9)15(25)26)14(24)22(17-21-19)8-4-2-1-3-5-8/h8-12,21H,1-7H2,(H,20,23)(H,25,26)(H,27,28). The molecule has 2 aliphatic carbocycles. The summed E-state index contributed by atoms with van der Waals surface area (Å²) in [5, 5.41) is 19.2. The van der Waals surface area contributed by atoms with E-state index in [1.54, 1.807) is 35.2 Å². The minimum atomic E-state index is -1.22. The summed E-state index contributed by atoms with van der Waals surface area (Å²) < 4.78 is 5.24. The Kier molecular flexibility index (Phi) is 9.24. The van der Waals surface area contributed by atoms with E-state index in [4.69, 9.17) is 0 Å². The Morgan fingerprint density at radius 1 is 0.857 bits per heavy atom. The highest BCUT2D eigenvalue weighted by Gasteiger charge is 2.50.